The van der Waals surface area contributed by atoms with E-state index in [1.165, 1.54) is 0 Å². The van der Waals surface area contributed by atoms with E-state index in [1.807, 2.05) is 18.5 Å². The highest BCUT2D eigenvalue weighted by Crippen LogP contribution is 2.37. The second-order valence-electron chi connectivity index (χ2n) is 13.5. The second-order valence-corrected chi connectivity index (χ2v) is 13.5. The highest BCUT2D eigenvalue weighted by atomic mass is 16.5. The van der Waals surface area contributed by atoms with Crippen LogP contribution in [0.25, 0.3) is 32.9 Å². The summed E-state index contributed by atoms with van der Waals surface area (Å²) in [5.41, 5.74) is 4.41. The molecule has 46 heavy (non-hydrogen) atoms. The predicted molar refractivity (Wildman–Crippen MR) is 182 cm³/mol. The number of H-pyrrole nitrogens is 1. The van der Waals surface area contributed by atoms with Crippen LogP contribution in [0.5, 0.6) is 0 Å². The lowest BCUT2D eigenvalue weighted by Crippen LogP contribution is -2.55. The first-order valence-electron chi connectivity index (χ1n) is 16.7. The number of pyridine rings is 1. The molecule has 0 bridgehead atoms. The van der Waals surface area contributed by atoms with E-state index < -0.39 is 0 Å². The maximum Gasteiger partial charge on any atom is 0.274 e. The van der Waals surface area contributed by atoms with Crippen molar-refractivity contribution in [2.75, 3.05) is 51.3 Å². The molecule has 0 radical (unpaired) electrons. The molecule has 3 fully saturated rings. The molecule has 10 heteroatoms. The summed E-state index contributed by atoms with van der Waals surface area (Å²) in [6, 6.07) is 8.85. The number of methoxy groups -OCH3 is 1. The fraction of sp³-hybridized carbons (Fsp3) is 0.528. The number of fused-ring (bicyclic) bond motifs is 2. The molecule has 0 amide bonds. The number of nitrogens with zero attached hydrogens (tertiary/aromatic N) is 5. The zero-order chi connectivity index (χ0) is 31.8. The summed E-state index contributed by atoms with van der Waals surface area (Å²) in [5, 5.41) is 5.40. The van der Waals surface area contributed by atoms with Gasteiger partial charge in [0.2, 0.25) is 5.95 Å². The third-order valence-corrected chi connectivity index (χ3v) is 10.2. The van der Waals surface area contributed by atoms with Gasteiger partial charge in [0.05, 0.1) is 30.5 Å². The predicted octanol–water partition coefficient (Wildman–Crippen LogP) is 4.39. The molecule has 5 heterocycles. The molecule has 2 N–H and O–H groups in total. The zero-order valence-electron chi connectivity index (χ0n) is 27.2. The molecule has 3 aromatic heterocycles. The van der Waals surface area contributed by atoms with E-state index in [2.05, 4.69) is 51.1 Å². The van der Waals surface area contributed by atoms with E-state index in [9.17, 15) is 4.79 Å². The molecule has 1 unspecified atom stereocenters. The van der Waals surface area contributed by atoms with E-state index >= 15 is 0 Å². The summed E-state index contributed by atoms with van der Waals surface area (Å²) in [5.74, 6) is 3.48. The van der Waals surface area contributed by atoms with Crippen LogP contribution in [-0.2, 0) is 16.5 Å². The average Bonchev–Trinajstić information content (AvgIpc) is 3.76. The Hall–Kier alpha value is -3.75. The highest BCUT2D eigenvalue weighted by Gasteiger charge is 2.35. The van der Waals surface area contributed by atoms with Crippen LogP contribution >= 0.6 is 0 Å². The van der Waals surface area contributed by atoms with Gasteiger partial charge in [-0.1, -0.05) is 12.0 Å². The summed E-state index contributed by atoms with van der Waals surface area (Å²) in [6.07, 6.45) is 15.7. The standard InChI is InChI=1S/C36H45N7O3/c1-5-15-38-36(2)13-19-42(20-14-36)25-11-17-43(18-12-25)35-39-30-9-6-24(29-22-41(3)34(44)33-27(29)10-16-37-33)21-28(30)32(40-35)31(23-45-4)46-26-7-8-26/h1,6,9-10,16,21-22,25-26,31,37-38H,7-8,11-15,17-20,23H2,2-4H3. The molecule has 2 aliphatic heterocycles. The maximum atomic E-state index is 12.7. The van der Waals surface area contributed by atoms with Crippen LogP contribution in [0.3, 0.4) is 0 Å². The third-order valence-electron chi connectivity index (χ3n) is 10.2. The molecular weight excluding hydrogens is 578 g/mol. The van der Waals surface area contributed by atoms with Gasteiger partial charge in [0, 0.05) is 80.6 Å². The monoisotopic (exact) mass is 623 g/mol. The largest absolute Gasteiger partial charge is 0.382 e. The van der Waals surface area contributed by atoms with Gasteiger partial charge < -0.3 is 34.1 Å². The normalized spacial score (nSPS) is 19.9. The van der Waals surface area contributed by atoms with E-state index in [1.54, 1.807) is 18.7 Å². The van der Waals surface area contributed by atoms with Crippen LogP contribution < -0.4 is 15.8 Å². The molecule has 242 valence electrons. The van der Waals surface area contributed by atoms with Gasteiger partial charge in [-0.05, 0) is 69.2 Å². The zero-order valence-corrected chi connectivity index (χ0v) is 27.2. The van der Waals surface area contributed by atoms with Gasteiger partial charge in [-0.3, -0.25) is 4.79 Å². The molecular formula is C36H45N7O3. The fourth-order valence-electron chi connectivity index (χ4n) is 7.22. The molecule has 4 aromatic rings. The number of rotatable bonds is 10. The Morgan fingerprint density at radius 3 is 2.61 bits per heavy atom. The van der Waals surface area contributed by atoms with Crippen LogP contribution in [0, 0.1) is 12.3 Å². The molecule has 1 aromatic carbocycles. The van der Waals surface area contributed by atoms with Crippen LogP contribution in [0.2, 0.25) is 0 Å². The molecule has 1 atom stereocenters. The van der Waals surface area contributed by atoms with Crippen molar-refractivity contribution in [3.05, 3.63) is 52.7 Å². The number of likely N-dealkylation sites (tertiary alicyclic amines) is 1. The number of hydrogen-bond donors (Lipinski definition) is 2. The molecule has 1 saturated carbocycles. The number of terminal acetylenes is 1. The lowest BCUT2D eigenvalue weighted by atomic mass is 9.88. The quantitative estimate of drug-likeness (QED) is 0.251. The van der Waals surface area contributed by atoms with Crippen LogP contribution in [0.1, 0.15) is 57.2 Å². The van der Waals surface area contributed by atoms with Crippen LogP contribution in [0.15, 0.2) is 41.5 Å². The minimum atomic E-state index is -0.298. The molecule has 7 rings (SSSR count). The molecule has 10 nitrogen and oxygen atoms in total. The highest BCUT2D eigenvalue weighted by molar-refractivity contribution is 5.97. The summed E-state index contributed by atoms with van der Waals surface area (Å²) in [4.78, 5) is 31.2. The fourth-order valence-corrected chi connectivity index (χ4v) is 7.22. The van der Waals surface area contributed by atoms with Gasteiger partial charge >= 0.3 is 0 Å². The Morgan fingerprint density at radius 1 is 1.11 bits per heavy atom. The van der Waals surface area contributed by atoms with Crippen molar-refractivity contribution in [1.82, 2.24) is 29.7 Å². The smallest absolute Gasteiger partial charge is 0.274 e. The van der Waals surface area contributed by atoms with Gasteiger partial charge in [0.15, 0.2) is 0 Å². The minimum absolute atomic E-state index is 0.0456. The molecule has 1 aliphatic carbocycles. The van der Waals surface area contributed by atoms with Crippen molar-refractivity contribution in [3.63, 3.8) is 0 Å². The average molecular weight is 624 g/mol. The lowest BCUT2D eigenvalue weighted by molar-refractivity contribution is -0.0145. The Bertz CT molecular complexity index is 1800. The third kappa shape index (κ3) is 6.17. The van der Waals surface area contributed by atoms with E-state index in [-0.39, 0.29) is 23.3 Å². The number of benzene rings is 1. The number of aryl methyl sites for hydroxylation is 1. The lowest BCUT2D eigenvalue weighted by Gasteiger charge is -2.45. The maximum absolute atomic E-state index is 12.7. The minimum Gasteiger partial charge on any atom is -0.382 e. The topological polar surface area (TPSA) is 101 Å². The van der Waals surface area contributed by atoms with Crippen molar-refractivity contribution < 1.29 is 9.47 Å². The summed E-state index contributed by atoms with van der Waals surface area (Å²) >= 11 is 0. The van der Waals surface area contributed by atoms with Gasteiger partial charge in [-0.2, -0.15) is 0 Å². The first-order chi connectivity index (χ1) is 22.4. The van der Waals surface area contributed by atoms with Gasteiger partial charge in [0.25, 0.3) is 5.56 Å². The van der Waals surface area contributed by atoms with Crippen LogP contribution in [0.4, 0.5) is 5.95 Å². The number of ether oxygens (including phenoxy) is 2. The SMILES string of the molecule is C#CCNC1(C)CCN(C2CCN(c3nc(C(COC)OC4CC4)c4cc(-c5cn(C)c(=O)c6[nH]ccc56)ccc4n3)CC2)CC1. The Kier molecular flexibility index (Phi) is 8.59. The van der Waals surface area contributed by atoms with Crippen molar-refractivity contribution in [2.45, 2.75) is 69.2 Å². The van der Waals surface area contributed by atoms with E-state index in [0.717, 1.165) is 104 Å². The molecule has 3 aliphatic rings. The number of hydrogen-bond acceptors (Lipinski definition) is 8. The Balaban J connectivity index is 1.17. The van der Waals surface area contributed by atoms with Crippen LogP contribution in [-0.4, -0.2) is 88.5 Å². The second kappa shape index (κ2) is 12.8. The van der Waals surface area contributed by atoms with Crippen molar-refractivity contribution in [1.29, 1.82) is 0 Å². The number of anilines is 1. The summed E-state index contributed by atoms with van der Waals surface area (Å²) in [7, 11) is 3.50. The first kappa shape index (κ1) is 30.9. The van der Waals surface area contributed by atoms with Crippen molar-refractivity contribution in [3.8, 4) is 23.5 Å². The van der Waals surface area contributed by atoms with Crippen molar-refractivity contribution >= 4 is 27.8 Å². The summed E-state index contributed by atoms with van der Waals surface area (Å²) < 4.78 is 13.8. The van der Waals surface area contributed by atoms with Gasteiger partial charge in [-0.15, -0.1) is 6.42 Å². The van der Waals surface area contributed by atoms with E-state index in [0.29, 0.717) is 24.7 Å². The molecule has 0 spiro atoms. The summed E-state index contributed by atoms with van der Waals surface area (Å²) in [6.45, 7) is 7.37. The van der Waals surface area contributed by atoms with Gasteiger partial charge in [0.1, 0.15) is 11.6 Å². The number of aromatic amines is 1. The Morgan fingerprint density at radius 2 is 1.89 bits per heavy atom. The molecule has 2 saturated heterocycles. The Labute approximate surface area is 270 Å². The number of aromatic nitrogens is 4. The van der Waals surface area contributed by atoms with Gasteiger partial charge in [-0.25, -0.2) is 9.97 Å². The number of piperidine rings is 2. The number of nitrogens with one attached hydrogen (secondary N) is 2. The van der Waals surface area contributed by atoms with Crippen molar-refractivity contribution in [2.24, 2.45) is 7.05 Å². The van der Waals surface area contributed by atoms with E-state index in [4.69, 9.17) is 25.9 Å². The first-order valence-corrected chi connectivity index (χ1v) is 16.7.